The van der Waals surface area contributed by atoms with Gasteiger partial charge in [0.1, 0.15) is 0 Å². The largest absolute Gasteiger partial charge is 0.399 e. The summed E-state index contributed by atoms with van der Waals surface area (Å²) in [6.07, 6.45) is 0.845. The van der Waals surface area contributed by atoms with E-state index in [4.69, 9.17) is 5.73 Å². The van der Waals surface area contributed by atoms with E-state index < -0.39 is 0 Å². The molecule has 1 atom stereocenters. The molecule has 0 radical (unpaired) electrons. The molecule has 94 valence electrons. The summed E-state index contributed by atoms with van der Waals surface area (Å²) in [4.78, 5) is 12.0. The highest BCUT2D eigenvalue weighted by Crippen LogP contribution is 2.10. The highest BCUT2D eigenvalue weighted by atomic mass is 32.1. The minimum absolute atomic E-state index is 0.0787. The van der Waals surface area contributed by atoms with Crippen LogP contribution in [-0.4, -0.2) is 11.9 Å². The number of thiophene rings is 1. The summed E-state index contributed by atoms with van der Waals surface area (Å²) in [5.74, 6) is -0.0787. The zero-order valence-electron chi connectivity index (χ0n) is 10.2. The van der Waals surface area contributed by atoms with E-state index in [0.29, 0.717) is 11.3 Å². The molecule has 0 saturated carbocycles. The van der Waals surface area contributed by atoms with E-state index in [1.54, 1.807) is 35.6 Å². The van der Waals surface area contributed by atoms with Crippen molar-refractivity contribution in [1.82, 2.24) is 5.32 Å². The van der Waals surface area contributed by atoms with Gasteiger partial charge in [0.05, 0.1) is 0 Å². The zero-order valence-corrected chi connectivity index (χ0v) is 11.0. The Kier molecular flexibility index (Phi) is 3.99. The van der Waals surface area contributed by atoms with Gasteiger partial charge in [-0.2, -0.15) is 11.3 Å². The molecule has 0 spiro atoms. The Morgan fingerprint density at radius 1 is 1.44 bits per heavy atom. The Bertz CT molecular complexity index is 522. The van der Waals surface area contributed by atoms with Crippen LogP contribution in [0.25, 0.3) is 0 Å². The van der Waals surface area contributed by atoms with Gasteiger partial charge in [-0.3, -0.25) is 4.79 Å². The first-order chi connectivity index (χ1) is 8.65. The third-order valence-electron chi connectivity index (χ3n) is 2.65. The molecule has 0 aliphatic heterocycles. The zero-order chi connectivity index (χ0) is 13.0. The summed E-state index contributed by atoms with van der Waals surface area (Å²) >= 11 is 1.67. The van der Waals surface area contributed by atoms with Gasteiger partial charge in [-0.1, -0.05) is 6.07 Å². The van der Waals surface area contributed by atoms with Crippen molar-refractivity contribution in [3.8, 4) is 0 Å². The molecule has 0 fully saturated rings. The number of amides is 1. The molecule has 0 saturated heterocycles. The molecule has 2 aromatic rings. The van der Waals surface area contributed by atoms with Gasteiger partial charge < -0.3 is 11.1 Å². The lowest BCUT2D eigenvalue weighted by Gasteiger charge is -2.13. The van der Waals surface area contributed by atoms with Crippen LogP contribution in [0.15, 0.2) is 41.1 Å². The number of benzene rings is 1. The fourth-order valence-electron chi connectivity index (χ4n) is 1.80. The van der Waals surface area contributed by atoms with Gasteiger partial charge in [0.25, 0.3) is 5.91 Å². The summed E-state index contributed by atoms with van der Waals surface area (Å²) in [5, 5.41) is 7.12. The number of nitrogens with two attached hydrogens (primary N) is 1. The van der Waals surface area contributed by atoms with Crippen LogP contribution < -0.4 is 11.1 Å². The molecule has 1 heterocycles. The van der Waals surface area contributed by atoms with E-state index in [0.717, 1.165) is 6.42 Å². The molecule has 18 heavy (non-hydrogen) atoms. The molecule has 0 bridgehead atoms. The van der Waals surface area contributed by atoms with Crippen molar-refractivity contribution in [2.75, 3.05) is 5.73 Å². The van der Waals surface area contributed by atoms with Gasteiger partial charge in [-0.25, -0.2) is 0 Å². The molecule has 1 aromatic heterocycles. The summed E-state index contributed by atoms with van der Waals surface area (Å²) in [7, 11) is 0. The van der Waals surface area contributed by atoms with Crippen molar-refractivity contribution in [1.29, 1.82) is 0 Å². The normalized spacial score (nSPS) is 12.1. The summed E-state index contributed by atoms with van der Waals surface area (Å²) in [5.41, 5.74) is 8.12. The lowest BCUT2D eigenvalue weighted by atomic mass is 10.1. The van der Waals surface area contributed by atoms with Crippen molar-refractivity contribution < 1.29 is 4.79 Å². The highest BCUT2D eigenvalue weighted by Gasteiger charge is 2.10. The number of anilines is 1. The minimum Gasteiger partial charge on any atom is -0.399 e. The van der Waals surface area contributed by atoms with Crippen molar-refractivity contribution in [3.63, 3.8) is 0 Å². The van der Waals surface area contributed by atoms with Crippen molar-refractivity contribution >= 4 is 22.9 Å². The SMILES string of the molecule is CC(Cc1ccsc1)NC(=O)c1cccc(N)c1. The Balaban J connectivity index is 1.95. The lowest BCUT2D eigenvalue weighted by Crippen LogP contribution is -2.34. The summed E-state index contributed by atoms with van der Waals surface area (Å²) in [6.45, 7) is 2.00. The van der Waals surface area contributed by atoms with Crippen molar-refractivity contribution in [3.05, 3.63) is 52.2 Å². The van der Waals surface area contributed by atoms with Gasteiger partial charge >= 0.3 is 0 Å². The first kappa shape index (κ1) is 12.6. The average Bonchev–Trinajstić information content (AvgIpc) is 2.81. The quantitative estimate of drug-likeness (QED) is 0.830. The van der Waals surface area contributed by atoms with E-state index in [1.165, 1.54) is 5.56 Å². The smallest absolute Gasteiger partial charge is 0.251 e. The summed E-state index contributed by atoms with van der Waals surface area (Å²) in [6, 6.07) is 9.19. The molecule has 1 unspecified atom stereocenters. The topological polar surface area (TPSA) is 55.1 Å². The number of nitrogen functional groups attached to an aromatic ring is 1. The molecule has 1 amide bonds. The molecule has 1 aromatic carbocycles. The van der Waals surface area contributed by atoms with Crippen LogP contribution >= 0.6 is 11.3 Å². The Morgan fingerprint density at radius 3 is 2.94 bits per heavy atom. The molecule has 3 N–H and O–H groups in total. The number of rotatable bonds is 4. The molecular weight excluding hydrogens is 244 g/mol. The van der Waals surface area contributed by atoms with Gasteiger partial charge in [0.15, 0.2) is 0 Å². The van der Waals surface area contributed by atoms with Crippen LogP contribution in [0.4, 0.5) is 5.69 Å². The van der Waals surface area contributed by atoms with E-state index >= 15 is 0 Å². The Morgan fingerprint density at radius 2 is 2.28 bits per heavy atom. The molecule has 0 aliphatic rings. The van der Waals surface area contributed by atoms with Crippen LogP contribution in [0.1, 0.15) is 22.8 Å². The van der Waals surface area contributed by atoms with Gasteiger partial charge in [0.2, 0.25) is 0 Å². The van der Waals surface area contributed by atoms with E-state index in [2.05, 4.69) is 16.8 Å². The van der Waals surface area contributed by atoms with Crippen molar-refractivity contribution in [2.45, 2.75) is 19.4 Å². The number of hydrogen-bond acceptors (Lipinski definition) is 3. The Hall–Kier alpha value is -1.81. The predicted octanol–water partition coefficient (Wildman–Crippen LogP) is 2.69. The van der Waals surface area contributed by atoms with Crippen LogP contribution in [-0.2, 0) is 6.42 Å². The van der Waals surface area contributed by atoms with Crippen molar-refractivity contribution in [2.24, 2.45) is 0 Å². The monoisotopic (exact) mass is 260 g/mol. The maximum Gasteiger partial charge on any atom is 0.251 e. The Labute approximate surface area is 111 Å². The first-order valence-electron chi connectivity index (χ1n) is 5.82. The van der Waals surface area contributed by atoms with Crippen LogP contribution in [0.5, 0.6) is 0 Å². The third-order valence-corrected chi connectivity index (χ3v) is 3.38. The maximum atomic E-state index is 12.0. The van der Waals surface area contributed by atoms with Crippen LogP contribution in [0.2, 0.25) is 0 Å². The number of carbonyl (C=O) groups is 1. The first-order valence-corrected chi connectivity index (χ1v) is 6.77. The number of carbonyl (C=O) groups excluding carboxylic acids is 1. The second kappa shape index (κ2) is 5.69. The molecule has 2 rings (SSSR count). The number of hydrogen-bond donors (Lipinski definition) is 2. The summed E-state index contributed by atoms with van der Waals surface area (Å²) < 4.78 is 0. The van der Waals surface area contributed by atoms with Crippen LogP contribution in [0.3, 0.4) is 0 Å². The fraction of sp³-hybridized carbons (Fsp3) is 0.214. The van der Waals surface area contributed by atoms with E-state index in [-0.39, 0.29) is 11.9 Å². The maximum absolute atomic E-state index is 12.0. The standard InChI is InChI=1S/C14H16N2OS/c1-10(7-11-5-6-18-9-11)16-14(17)12-3-2-4-13(15)8-12/h2-6,8-10H,7,15H2,1H3,(H,16,17). The lowest BCUT2D eigenvalue weighted by molar-refractivity contribution is 0.0940. The fourth-order valence-corrected chi connectivity index (χ4v) is 2.48. The minimum atomic E-state index is -0.0787. The van der Waals surface area contributed by atoms with E-state index in [1.807, 2.05) is 12.3 Å². The molecule has 4 heteroatoms. The van der Waals surface area contributed by atoms with E-state index in [9.17, 15) is 4.79 Å². The molecule has 0 aliphatic carbocycles. The average molecular weight is 260 g/mol. The van der Waals surface area contributed by atoms with Gasteiger partial charge in [-0.15, -0.1) is 0 Å². The molecule has 3 nitrogen and oxygen atoms in total. The highest BCUT2D eigenvalue weighted by molar-refractivity contribution is 7.07. The number of nitrogens with one attached hydrogen (secondary N) is 1. The second-order valence-electron chi connectivity index (χ2n) is 4.34. The van der Waals surface area contributed by atoms with Crippen LogP contribution in [0, 0.1) is 0 Å². The predicted molar refractivity (Wildman–Crippen MR) is 75.8 cm³/mol. The third kappa shape index (κ3) is 3.34. The van der Waals surface area contributed by atoms with Gasteiger partial charge in [-0.05, 0) is 53.9 Å². The second-order valence-corrected chi connectivity index (χ2v) is 5.12. The van der Waals surface area contributed by atoms with Gasteiger partial charge in [0, 0.05) is 17.3 Å². The molecular formula is C14H16N2OS.